The second-order valence-corrected chi connectivity index (χ2v) is 5.18. The van der Waals surface area contributed by atoms with Crippen LogP contribution >= 0.6 is 0 Å². The van der Waals surface area contributed by atoms with Crippen LogP contribution < -0.4 is 0 Å². The lowest BCUT2D eigenvalue weighted by atomic mass is 10.1. The normalized spacial score (nSPS) is 11.1. The molecule has 2 nitrogen and oxygen atoms in total. The van der Waals surface area contributed by atoms with E-state index in [1.165, 1.54) is 57.8 Å². The van der Waals surface area contributed by atoms with Crippen molar-refractivity contribution in [2.24, 2.45) is 0 Å². The molecule has 19 heavy (non-hydrogen) atoms. The van der Waals surface area contributed by atoms with Gasteiger partial charge in [0.15, 0.2) is 0 Å². The summed E-state index contributed by atoms with van der Waals surface area (Å²) in [5, 5.41) is 0. The van der Waals surface area contributed by atoms with E-state index in [2.05, 4.69) is 6.92 Å². The van der Waals surface area contributed by atoms with Crippen molar-refractivity contribution in [3.63, 3.8) is 0 Å². The van der Waals surface area contributed by atoms with E-state index in [9.17, 15) is 4.79 Å². The Labute approximate surface area is 119 Å². The lowest BCUT2D eigenvalue weighted by molar-refractivity contribution is -0.142. The molecule has 0 saturated heterocycles. The predicted molar refractivity (Wildman–Crippen MR) is 82.2 cm³/mol. The van der Waals surface area contributed by atoms with Gasteiger partial charge in [-0.05, 0) is 13.3 Å². The lowest BCUT2D eigenvalue weighted by Gasteiger charge is -2.04. The fraction of sp³-hybridized carbons (Fsp3) is 0.824. The first-order valence-corrected chi connectivity index (χ1v) is 8.08. The molecule has 0 amide bonds. The highest BCUT2D eigenvalue weighted by atomic mass is 16.5. The number of carbonyl (C=O) groups is 1. The standard InChI is InChI=1S/C17H32O2/c1-3-5-7-8-9-10-11-12-13-14-16-19-17(18)15-6-4-2/h4,6H,3,5,7-16H2,1-2H3/b6-4+. The number of carbonyl (C=O) groups excluding carboxylic acids is 1. The van der Waals surface area contributed by atoms with Gasteiger partial charge in [0, 0.05) is 0 Å². The van der Waals surface area contributed by atoms with Gasteiger partial charge in [0.25, 0.3) is 0 Å². The van der Waals surface area contributed by atoms with Crippen molar-refractivity contribution < 1.29 is 9.53 Å². The SMILES string of the molecule is C/C=C/CC(=O)OCCCCCCCCCCCC. The summed E-state index contributed by atoms with van der Waals surface area (Å²) < 4.78 is 5.13. The molecule has 0 N–H and O–H groups in total. The van der Waals surface area contributed by atoms with Crippen LogP contribution in [0.3, 0.4) is 0 Å². The topological polar surface area (TPSA) is 26.3 Å². The first-order chi connectivity index (χ1) is 9.31. The average Bonchev–Trinajstić information content (AvgIpc) is 2.42. The lowest BCUT2D eigenvalue weighted by Crippen LogP contribution is -2.04. The van der Waals surface area contributed by atoms with Gasteiger partial charge in [0.1, 0.15) is 0 Å². The summed E-state index contributed by atoms with van der Waals surface area (Å²) in [6.07, 6.45) is 17.2. The van der Waals surface area contributed by atoms with Gasteiger partial charge in [-0.2, -0.15) is 0 Å². The van der Waals surface area contributed by atoms with Crippen LogP contribution in [-0.4, -0.2) is 12.6 Å². The predicted octanol–water partition coefficient (Wildman–Crippen LogP) is 5.42. The maximum Gasteiger partial charge on any atom is 0.309 e. The maximum absolute atomic E-state index is 11.2. The molecule has 0 heterocycles. The quantitative estimate of drug-likeness (QED) is 0.253. The van der Waals surface area contributed by atoms with Crippen molar-refractivity contribution >= 4 is 5.97 Å². The number of rotatable bonds is 13. The van der Waals surface area contributed by atoms with Crippen molar-refractivity contribution in [3.8, 4) is 0 Å². The molecule has 0 spiro atoms. The zero-order valence-corrected chi connectivity index (χ0v) is 13.0. The van der Waals surface area contributed by atoms with Gasteiger partial charge >= 0.3 is 5.97 Å². The smallest absolute Gasteiger partial charge is 0.309 e. The van der Waals surface area contributed by atoms with Crippen LogP contribution in [0, 0.1) is 0 Å². The summed E-state index contributed by atoms with van der Waals surface area (Å²) >= 11 is 0. The number of esters is 1. The molecule has 0 unspecified atom stereocenters. The summed E-state index contributed by atoms with van der Waals surface area (Å²) in [6.45, 7) is 4.76. The highest BCUT2D eigenvalue weighted by Gasteiger charge is 1.98. The average molecular weight is 268 g/mol. The highest BCUT2D eigenvalue weighted by Crippen LogP contribution is 2.10. The molecule has 0 rings (SSSR count). The minimum Gasteiger partial charge on any atom is -0.465 e. The molecule has 0 aliphatic rings. The fourth-order valence-electron chi connectivity index (χ4n) is 2.05. The van der Waals surface area contributed by atoms with E-state index < -0.39 is 0 Å². The third-order valence-corrected chi connectivity index (χ3v) is 3.28. The Morgan fingerprint density at radius 2 is 1.42 bits per heavy atom. The van der Waals surface area contributed by atoms with Gasteiger partial charge in [-0.15, -0.1) is 0 Å². The molecule has 0 atom stereocenters. The van der Waals surface area contributed by atoms with Crippen LogP contribution in [0.5, 0.6) is 0 Å². The fourth-order valence-corrected chi connectivity index (χ4v) is 2.05. The van der Waals surface area contributed by atoms with Crippen molar-refractivity contribution in [1.29, 1.82) is 0 Å². The minimum absolute atomic E-state index is 0.103. The van der Waals surface area contributed by atoms with E-state index in [4.69, 9.17) is 4.74 Å². The Bertz CT molecular complexity index is 221. The Morgan fingerprint density at radius 3 is 1.95 bits per heavy atom. The Kier molecular flexibility index (Phi) is 14.6. The molecule has 0 bridgehead atoms. The number of hydrogen-bond donors (Lipinski definition) is 0. The van der Waals surface area contributed by atoms with Crippen LogP contribution in [0.4, 0.5) is 0 Å². The Morgan fingerprint density at radius 1 is 0.895 bits per heavy atom. The zero-order valence-electron chi connectivity index (χ0n) is 13.0. The van der Waals surface area contributed by atoms with Gasteiger partial charge < -0.3 is 4.74 Å². The third-order valence-electron chi connectivity index (χ3n) is 3.28. The van der Waals surface area contributed by atoms with E-state index >= 15 is 0 Å². The summed E-state index contributed by atoms with van der Waals surface area (Å²) in [4.78, 5) is 11.2. The zero-order chi connectivity index (χ0) is 14.2. The molecular weight excluding hydrogens is 236 g/mol. The summed E-state index contributed by atoms with van der Waals surface area (Å²) in [5.41, 5.74) is 0. The number of hydrogen-bond acceptors (Lipinski definition) is 2. The first-order valence-electron chi connectivity index (χ1n) is 8.08. The first kappa shape index (κ1) is 18.2. The van der Waals surface area contributed by atoms with E-state index in [1.54, 1.807) is 0 Å². The van der Waals surface area contributed by atoms with Gasteiger partial charge in [0.2, 0.25) is 0 Å². The molecule has 112 valence electrons. The number of ether oxygens (including phenoxy) is 1. The monoisotopic (exact) mass is 268 g/mol. The molecule has 0 aliphatic heterocycles. The Hall–Kier alpha value is -0.790. The van der Waals surface area contributed by atoms with Crippen molar-refractivity contribution in [1.82, 2.24) is 0 Å². The summed E-state index contributed by atoms with van der Waals surface area (Å²) in [6, 6.07) is 0. The van der Waals surface area contributed by atoms with Crippen molar-refractivity contribution in [2.45, 2.75) is 84.5 Å². The maximum atomic E-state index is 11.2. The second-order valence-electron chi connectivity index (χ2n) is 5.18. The van der Waals surface area contributed by atoms with Crippen LogP contribution in [-0.2, 0) is 9.53 Å². The molecule has 0 aromatic heterocycles. The number of unbranched alkanes of at least 4 members (excludes halogenated alkanes) is 9. The van der Waals surface area contributed by atoms with Crippen molar-refractivity contribution in [3.05, 3.63) is 12.2 Å². The van der Waals surface area contributed by atoms with Crippen LogP contribution in [0.2, 0.25) is 0 Å². The number of allylic oxidation sites excluding steroid dienone is 1. The molecule has 0 aromatic rings. The van der Waals surface area contributed by atoms with Gasteiger partial charge in [-0.25, -0.2) is 0 Å². The van der Waals surface area contributed by atoms with E-state index in [0.717, 1.165) is 6.42 Å². The highest BCUT2D eigenvalue weighted by molar-refractivity contribution is 5.71. The van der Waals surface area contributed by atoms with Crippen LogP contribution in [0.1, 0.15) is 84.5 Å². The van der Waals surface area contributed by atoms with Gasteiger partial charge in [-0.3, -0.25) is 4.79 Å². The third kappa shape index (κ3) is 15.2. The molecule has 0 radical (unpaired) electrons. The minimum atomic E-state index is -0.103. The van der Waals surface area contributed by atoms with E-state index in [0.29, 0.717) is 13.0 Å². The van der Waals surface area contributed by atoms with E-state index in [-0.39, 0.29) is 5.97 Å². The Balaban J connectivity index is 3.08. The van der Waals surface area contributed by atoms with Gasteiger partial charge in [-0.1, -0.05) is 76.9 Å². The molecule has 2 heteroatoms. The van der Waals surface area contributed by atoms with E-state index in [1.807, 2.05) is 19.1 Å². The second kappa shape index (κ2) is 15.3. The van der Waals surface area contributed by atoms with Crippen molar-refractivity contribution in [2.75, 3.05) is 6.61 Å². The summed E-state index contributed by atoms with van der Waals surface area (Å²) in [5.74, 6) is -0.103. The molecule has 0 aromatic carbocycles. The molecule has 0 fully saturated rings. The van der Waals surface area contributed by atoms with Crippen LogP contribution in [0.25, 0.3) is 0 Å². The molecule has 0 saturated carbocycles. The molecular formula is C17H32O2. The molecule has 0 aliphatic carbocycles. The van der Waals surface area contributed by atoms with Gasteiger partial charge in [0.05, 0.1) is 13.0 Å². The largest absolute Gasteiger partial charge is 0.465 e. The summed E-state index contributed by atoms with van der Waals surface area (Å²) in [7, 11) is 0. The van der Waals surface area contributed by atoms with Crippen LogP contribution in [0.15, 0.2) is 12.2 Å².